The minimum Gasteiger partial charge on any atom is -0.448 e. The number of ketones is 1. The molecule has 1 N–H and O–H groups in total. The second-order valence-corrected chi connectivity index (χ2v) is 10.6. The number of rotatable bonds is 1. The molecule has 4 aliphatic rings. The monoisotopic (exact) mass is 394 g/mol. The number of ether oxygens (including phenoxy) is 3. The van der Waals surface area contributed by atoms with Crippen molar-refractivity contribution in [2.45, 2.75) is 103 Å². The van der Waals surface area contributed by atoms with E-state index in [4.69, 9.17) is 14.2 Å². The number of hydrogen-bond donors (Lipinski definition) is 1. The summed E-state index contributed by atoms with van der Waals surface area (Å²) in [6.07, 6.45) is 4.34. The molecule has 6 atom stereocenters. The SMILES string of the molecule is CC(=O)O[C@@]1(C)C(=O)C[C@H]2C(C)(C)CCC[C@]2(C)[C@@]12CC[C@@]1(CO[C@@H](O)C1)O2. The summed E-state index contributed by atoms with van der Waals surface area (Å²) < 4.78 is 18.2. The Labute approximate surface area is 167 Å². The lowest BCUT2D eigenvalue weighted by atomic mass is 9.43. The first-order chi connectivity index (χ1) is 12.9. The summed E-state index contributed by atoms with van der Waals surface area (Å²) in [5.74, 6) is -0.344. The molecule has 6 heteroatoms. The van der Waals surface area contributed by atoms with Crippen LogP contribution in [0.15, 0.2) is 0 Å². The molecule has 2 heterocycles. The molecule has 4 rings (SSSR count). The fourth-order valence-corrected chi connectivity index (χ4v) is 7.23. The van der Waals surface area contributed by atoms with Crippen molar-refractivity contribution in [3.63, 3.8) is 0 Å². The highest BCUT2D eigenvalue weighted by atomic mass is 16.7. The Balaban J connectivity index is 1.86. The van der Waals surface area contributed by atoms with Crippen LogP contribution in [0.25, 0.3) is 0 Å². The fourth-order valence-electron chi connectivity index (χ4n) is 7.23. The Bertz CT molecular complexity index is 703. The Kier molecular flexibility index (Phi) is 4.36. The number of fused-ring (bicyclic) bond motifs is 2. The van der Waals surface area contributed by atoms with Gasteiger partial charge in [0.25, 0.3) is 0 Å². The van der Waals surface area contributed by atoms with Crippen molar-refractivity contribution < 1.29 is 28.9 Å². The highest BCUT2D eigenvalue weighted by Gasteiger charge is 2.76. The zero-order valence-electron chi connectivity index (χ0n) is 17.8. The van der Waals surface area contributed by atoms with Crippen molar-refractivity contribution in [2.75, 3.05) is 6.61 Å². The van der Waals surface area contributed by atoms with E-state index < -0.39 is 29.1 Å². The van der Waals surface area contributed by atoms with Crippen LogP contribution < -0.4 is 0 Å². The van der Waals surface area contributed by atoms with Crippen LogP contribution in [0.3, 0.4) is 0 Å². The molecule has 4 fully saturated rings. The normalized spacial score (nSPS) is 50.1. The molecule has 0 unspecified atom stereocenters. The molecule has 2 aliphatic heterocycles. The van der Waals surface area contributed by atoms with E-state index in [9.17, 15) is 14.7 Å². The molecule has 0 bridgehead atoms. The molecule has 6 nitrogen and oxygen atoms in total. The lowest BCUT2D eigenvalue weighted by Crippen LogP contribution is -2.74. The van der Waals surface area contributed by atoms with E-state index in [2.05, 4.69) is 20.8 Å². The highest BCUT2D eigenvalue weighted by molar-refractivity contribution is 5.92. The minimum absolute atomic E-state index is 0.0119. The largest absolute Gasteiger partial charge is 0.448 e. The third-order valence-corrected chi connectivity index (χ3v) is 8.60. The quantitative estimate of drug-likeness (QED) is 0.688. The van der Waals surface area contributed by atoms with Gasteiger partial charge in [-0.25, -0.2) is 0 Å². The van der Waals surface area contributed by atoms with Crippen molar-refractivity contribution >= 4 is 11.8 Å². The first-order valence-electron chi connectivity index (χ1n) is 10.6. The molecular formula is C22H34O6. The van der Waals surface area contributed by atoms with Crippen molar-refractivity contribution in [1.29, 1.82) is 0 Å². The van der Waals surface area contributed by atoms with Crippen molar-refractivity contribution in [2.24, 2.45) is 16.7 Å². The lowest BCUT2D eigenvalue weighted by molar-refractivity contribution is -0.286. The second-order valence-electron chi connectivity index (χ2n) is 10.6. The van der Waals surface area contributed by atoms with Gasteiger partial charge in [-0.1, -0.05) is 27.2 Å². The van der Waals surface area contributed by atoms with Crippen LogP contribution in [-0.4, -0.2) is 46.6 Å². The summed E-state index contributed by atoms with van der Waals surface area (Å²) in [4.78, 5) is 25.6. The molecule has 2 saturated heterocycles. The van der Waals surface area contributed by atoms with Crippen LogP contribution in [0, 0.1) is 16.7 Å². The Morgan fingerprint density at radius 1 is 1.14 bits per heavy atom. The minimum atomic E-state index is -1.32. The summed E-state index contributed by atoms with van der Waals surface area (Å²) in [5.41, 5.74) is -3.14. The summed E-state index contributed by atoms with van der Waals surface area (Å²) in [6.45, 7) is 10.2. The van der Waals surface area contributed by atoms with Crippen molar-refractivity contribution in [1.82, 2.24) is 0 Å². The number of hydrogen-bond acceptors (Lipinski definition) is 6. The van der Waals surface area contributed by atoms with Crippen LogP contribution in [0.1, 0.15) is 79.6 Å². The van der Waals surface area contributed by atoms with E-state index in [0.717, 1.165) is 19.3 Å². The van der Waals surface area contributed by atoms with Gasteiger partial charge in [0.2, 0.25) is 0 Å². The van der Waals surface area contributed by atoms with Crippen molar-refractivity contribution in [3.8, 4) is 0 Å². The number of aliphatic hydroxyl groups is 1. The zero-order chi connectivity index (χ0) is 20.6. The van der Waals surface area contributed by atoms with E-state index in [0.29, 0.717) is 32.3 Å². The van der Waals surface area contributed by atoms with Gasteiger partial charge in [-0.3, -0.25) is 9.59 Å². The maximum absolute atomic E-state index is 13.5. The third-order valence-electron chi connectivity index (χ3n) is 8.60. The number of esters is 1. The maximum Gasteiger partial charge on any atom is 0.303 e. The molecule has 0 aromatic heterocycles. The van der Waals surface area contributed by atoms with E-state index >= 15 is 0 Å². The summed E-state index contributed by atoms with van der Waals surface area (Å²) in [6, 6.07) is 0. The van der Waals surface area contributed by atoms with Gasteiger partial charge in [-0.05, 0) is 43.9 Å². The molecule has 0 radical (unpaired) electrons. The average molecular weight is 395 g/mol. The molecule has 2 saturated carbocycles. The van der Waals surface area contributed by atoms with Crippen LogP contribution in [-0.2, 0) is 23.8 Å². The van der Waals surface area contributed by atoms with E-state index in [1.807, 2.05) is 0 Å². The predicted molar refractivity (Wildman–Crippen MR) is 101 cm³/mol. The Hall–Kier alpha value is -0.980. The topological polar surface area (TPSA) is 82.1 Å². The smallest absolute Gasteiger partial charge is 0.303 e. The van der Waals surface area contributed by atoms with E-state index in [-0.39, 0.29) is 22.5 Å². The summed E-state index contributed by atoms with van der Waals surface area (Å²) >= 11 is 0. The van der Waals surface area contributed by atoms with Gasteiger partial charge in [0.15, 0.2) is 17.7 Å². The van der Waals surface area contributed by atoms with Crippen LogP contribution >= 0.6 is 0 Å². The van der Waals surface area contributed by atoms with Crippen molar-refractivity contribution in [3.05, 3.63) is 0 Å². The first-order valence-corrected chi connectivity index (χ1v) is 10.6. The van der Waals surface area contributed by atoms with Crippen LogP contribution in [0.5, 0.6) is 0 Å². The fraction of sp³-hybridized carbons (Fsp3) is 0.909. The van der Waals surface area contributed by atoms with Gasteiger partial charge in [0.1, 0.15) is 5.60 Å². The lowest BCUT2D eigenvalue weighted by Gasteiger charge is -2.65. The molecule has 2 spiro atoms. The number of aliphatic hydroxyl groups excluding tert-OH is 1. The summed E-state index contributed by atoms with van der Waals surface area (Å²) in [5, 5.41) is 9.99. The molecule has 158 valence electrons. The highest BCUT2D eigenvalue weighted by Crippen LogP contribution is 2.69. The summed E-state index contributed by atoms with van der Waals surface area (Å²) in [7, 11) is 0. The second kappa shape index (κ2) is 6.02. The van der Waals surface area contributed by atoms with E-state index in [1.54, 1.807) is 6.92 Å². The Morgan fingerprint density at radius 2 is 1.86 bits per heavy atom. The molecule has 28 heavy (non-hydrogen) atoms. The standard InChI is InChI=1S/C22H34O6/c1-14(23)27-20(5)16(24)11-15-18(2,3)7-6-8-19(15,4)22(20)10-9-21(28-22)12-17(25)26-13-21/h15,17,25H,6-13H2,1-5H3/t15-,17+,19-,20-,21+,22-/m0/s1. The number of carbonyl (C=O) groups is 2. The molecule has 2 aliphatic carbocycles. The average Bonchev–Trinajstić information content (AvgIpc) is 3.13. The van der Waals surface area contributed by atoms with Gasteiger partial charge in [0.05, 0.1) is 12.2 Å². The molecule has 0 aromatic rings. The molecular weight excluding hydrogens is 360 g/mol. The van der Waals surface area contributed by atoms with Gasteiger partial charge in [-0.2, -0.15) is 0 Å². The zero-order valence-corrected chi connectivity index (χ0v) is 17.8. The molecule has 0 aromatic carbocycles. The van der Waals surface area contributed by atoms with Gasteiger partial charge < -0.3 is 19.3 Å². The van der Waals surface area contributed by atoms with Crippen LogP contribution in [0.2, 0.25) is 0 Å². The van der Waals surface area contributed by atoms with E-state index in [1.165, 1.54) is 6.92 Å². The first kappa shape index (κ1) is 20.3. The number of Topliss-reactive ketones (excluding diaryl/α,β-unsaturated/α-hetero) is 1. The number of carbonyl (C=O) groups excluding carboxylic acids is 2. The predicted octanol–water partition coefficient (Wildman–Crippen LogP) is 3.14. The van der Waals surface area contributed by atoms with Gasteiger partial charge >= 0.3 is 5.97 Å². The van der Waals surface area contributed by atoms with Gasteiger partial charge in [-0.15, -0.1) is 0 Å². The van der Waals surface area contributed by atoms with Crippen LogP contribution in [0.4, 0.5) is 0 Å². The molecule has 0 amide bonds. The van der Waals surface area contributed by atoms with Gasteiger partial charge in [0, 0.05) is 25.2 Å². The maximum atomic E-state index is 13.5. The Morgan fingerprint density at radius 3 is 2.46 bits per heavy atom. The third kappa shape index (κ3) is 2.50.